The average Bonchev–Trinajstić information content (AvgIpc) is 2.82. The van der Waals surface area contributed by atoms with Gasteiger partial charge < -0.3 is 15.7 Å². The molecule has 1 unspecified atom stereocenters. The van der Waals surface area contributed by atoms with Crippen molar-refractivity contribution in [3.8, 4) is 0 Å². The number of amides is 1. The van der Waals surface area contributed by atoms with Gasteiger partial charge in [0.15, 0.2) is 0 Å². The van der Waals surface area contributed by atoms with E-state index < -0.39 is 5.97 Å². The van der Waals surface area contributed by atoms with Gasteiger partial charge in [0.05, 0.1) is 17.4 Å². The molecule has 18 heavy (non-hydrogen) atoms. The molecule has 6 heteroatoms. The fourth-order valence-electron chi connectivity index (χ4n) is 1.99. The van der Waals surface area contributed by atoms with Gasteiger partial charge in [-0.25, -0.2) is 4.79 Å². The number of anilines is 1. The van der Waals surface area contributed by atoms with Crippen molar-refractivity contribution < 1.29 is 14.7 Å². The number of rotatable bonds is 4. The molecule has 96 valence electrons. The van der Waals surface area contributed by atoms with Crippen molar-refractivity contribution in [2.45, 2.75) is 12.8 Å². The van der Waals surface area contributed by atoms with Crippen LogP contribution in [0.15, 0.2) is 18.5 Å². The molecule has 1 aromatic heterocycles. The highest BCUT2D eigenvalue weighted by molar-refractivity contribution is 5.93. The number of pyridine rings is 1. The van der Waals surface area contributed by atoms with E-state index in [4.69, 9.17) is 5.11 Å². The van der Waals surface area contributed by atoms with Crippen LogP contribution in [0.5, 0.6) is 0 Å². The number of carbonyl (C=O) groups is 2. The molecule has 2 heterocycles. The van der Waals surface area contributed by atoms with Crippen molar-refractivity contribution in [3.63, 3.8) is 0 Å². The Morgan fingerprint density at radius 1 is 1.50 bits per heavy atom. The lowest BCUT2D eigenvalue weighted by molar-refractivity contribution is -0.116. The minimum Gasteiger partial charge on any atom is -0.478 e. The summed E-state index contributed by atoms with van der Waals surface area (Å²) < 4.78 is 0. The number of nitrogens with zero attached hydrogens (tertiary/aromatic N) is 1. The SMILES string of the molecule is O=C(CC1CCNC1)Nc1cncc(C(=O)O)c1. The van der Waals surface area contributed by atoms with E-state index in [0.717, 1.165) is 19.5 Å². The zero-order valence-corrected chi connectivity index (χ0v) is 9.85. The molecule has 0 spiro atoms. The highest BCUT2D eigenvalue weighted by Gasteiger charge is 2.18. The van der Waals surface area contributed by atoms with Crippen molar-refractivity contribution in [2.75, 3.05) is 18.4 Å². The molecular weight excluding hydrogens is 234 g/mol. The Balaban J connectivity index is 1.93. The summed E-state index contributed by atoms with van der Waals surface area (Å²) >= 11 is 0. The minimum absolute atomic E-state index is 0.0651. The largest absolute Gasteiger partial charge is 0.478 e. The van der Waals surface area contributed by atoms with E-state index in [9.17, 15) is 9.59 Å². The lowest BCUT2D eigenvalue weighted by Gasteiger charge is -2.09. The van der Waals surface area contributed by atoms with Crippen LogP contribution in [-0.4, -0.2) is 35.1 Å². The Hall–Kier alpha value is -1.95. The number of carboxylic acids is 1. The van der Waals surface area contributed by atoms with Crippen molar-refractivity contribution in [3.05, 3.63) is 24.0 Å². The van der Waals surface area contributed by atoms with Crippen molar-refractivity contribution >= 4 is 17.6 Å². The Morgan fingerprint density at radius 3 is 3.00 bits per heavy atom. The third-order valence-electron chi connectivity index (χ3n) is 2.91. The van der Waals surface area contributed by atoms with Crippen LogP contribution < -0.4 is 10.6 Å². The molecule has 1 aromatic rings. The van der Waals surface area contributed by atoms with Crippen LogP contribution in [0.3, 0.4) is 0 Å². The first-order valence-corrected chi connectivity index (χ1v) is 5.84. The first-order chi connectivity index (χ1) is 8.65. The van der Waals surface area contributed by atoms with Crippen LogP contribution in [0.2, 0.25) is 0 Å². The lowest BCUT2D eigenvalue weighted by Crippen LogP contribution is -2.18. The number of hydrogen-bond acceptors (Lipinski definition) is 4. The van der Waals surface area contributed by atoms with Gasteiger partial charge in [0.2, 0.25) is 5.91 Å². The fourth-order valence-corrected chi connectivity index (χ4v) is 1.99. The molecule has 1 aliphatic rings. The van der Waals surface area contributed by atoms with E-state index in [1.807, 2.05) is 0 Å². The maximum Gasteiger partial charge on any atom is 0.337 e. The van der Waals surface area contributed by atoms with Gasteiger partial charge in [-0.1, -0.05) is 0 Å². The Morgan fingerprint density at radius 2 is 2.33 bits per heavy atom. The molecule has 1 amide bonds. The zero-order chi connectivity index (χ0) is 13.0. The third-order valence-corrected chi connectivity index (χ3v) is 2.91. The second-order valence-electron chi connectivity index (χ2n) is 4.38. The van der Waals surface area contributed by atoms with Crippen molar-refractivity contribution in [2.24, 2.45) is 5.92 Å². The summed E-state index contributed by atoms with van der Waals surface area (Å²) in [6.07, 6.45) is 4.14. The van der Waals surface area contributed by atoms with Crippen LogP contribution >= 0.6 is 0 Å². The van der Waals surface area contributed by atoms with Crippen molar-refractivity contribution in [1.29, 1.82) is 0 Å². The molecule has 1 saturated heterocycles. The van der Waals surface area contributed by atoms with E-state index in [2.05, 4.69) is 15.6 Å². The normalized spacial score (nSPS) is 18.6. The van der Waals surface area contributed by atoms with Crippen LogP contribution in [0, 0.1) is 5.92 Å². The number of hydrogen-bond donors (Lipinski definition) is 3. The molecule has 6 nitrogen and oxygen atoms in total. The summed E-state index contributed by atoms with van der Waals surface area (Å²) in [6, 6.07) is 1.40. The Labute approximate surface area is 104 Å². The second-order valence-corrected chi connectivity index (χ2v) is 4.38. The van der Waals surface area contributed by atoms with Gasteiger partial charge in [0, 0.05) is 12.6 Å². The monoisotopic (exact) mass is 249 g/mol. The van der Waals surface area contributed by atoms with Crippen LogP contribution in [0.1, 0.15) is 23.2 Å². The van der Waals surface area contributed by atoms with E-state index >= 15 is 0 Å². The second kappa shape index (κ2) is 5.59. The Bertz CT molecular complexity index is 456. The zero-order valence-electron chi connectivity index (χ0n) is 9.85. The summed E-state index contributed by atoms with van der Waals surface area (Å²) in [5.41, 5.74) is 0.487. The summed E-state index contributed by atoms with van der Waals surface area (Å²) in [7, 11) is 0. The number of aromatic carboxylic acids is 1. The maximum absolute atomic E-state index is 11.7. The molecular formula is C12H15N3O3. The predicted molar refractivity (Wildman–Crippen MR) is 65.4 cm³/mol. The summed E-state index contributed by atoms with van der Waals surface area (Å²) in [4.78, 5) is 26.3. The summed E-state index contributed by atoms with van der Waals surface area (Å²) in [5, 5.41) is 14.7. The average molecular weight is 249 g/mol. The predicted octanol–water partition coefficient (Wildman–Crippen LogP) is 0.718. The molecule has 0 bridgehead atoms. The first-order valence-electron chi connectivity index (χ1n) is 5.84. The number of carbonyl (C=O) groups excluding carboxylic acids is 1. The molecule has 1 atom stereocenters. The molecule has 0 saturated carbocycles. The molecule has 0 radical (unpaired) electrons. The van der Waals surface area contributed by atoms with Gasteiger partial charge in [0.25, 0.3) is 0 Å². The molecule has 0 aliphatic carbocycles. The van der Waals surface area contributed by atoms with E-state index in [1.54, 1.807) is 0 Å². The van der Waals surface area contributed by atoms with Crippen LogP contribution in [-0.2, 0) is 4.79 Å². The van der Waals surface area contributed by atoms with Crippen LogP contribution in [0.25, 0.3) is 0 Å². The highest BCUT2D eigenvalue weighted by atomic mass is 16.4. The molecule has 0 aromatic carbocycles. The standard InChI is InChI=1S/C12H15N3O3/c16-11(3-8-1-2-13-5-8)15-10-4-9(12(17)18)6-14-7-10/h4,6-8,13H,1-3,5H2,(H,15,16)(H,17,18). The quantitative estimate of drug-likeness (QED) is 0.731. The van der Waals surface area contributed by atoms with Gasteiger partial charge in [0.1, 0.15) is 0 Å². The third kappa shape index (κ3) is 3.27. The van der Waals surface area contributed by atoms with Gasteiger partial charge in [-0.2, -0.15) is 0 Å². The topological polar surface area (TPSA) is 91.3 Å². The Kier molecular flexibility index (Phi) is 3.88. The van der Waals surface area contributed by atoms with E-state index in [1.165, 1.54) is 18.5 Å². The maximum atomic E-state index is 11.7. The molecule has 1 fully saturated rings. The molecule has 3 N–H and O–H groups in total. The van der Waals surface area contributed by atoms with Crippen LogP contribution in [0.4, 0.5) is 5.69 Å². The fraction of sp³-hybridized carbons (Fsp3) is 0.417. The van der Waals surface area contributed by atoms with Gasteiger partial charge in [-0.05, 0) is 31.5 Å². The van der Waals surface area contributed by atoms with Gasteiger partial charge in [-0.15, -0.1) is 0 Å². The van der Waals surface area contributed by atoms with E-state index in [-0.39, 0.29) is 11.5 Å². The summed E-state index contributed by atoms with van der Waals surface area (Å²) in [6.45, 7) is 1.81. The number of carboxylic acid groups (broad SMARTS) is 1. The number of nitrogens with one attached hydrogen (secondary N) is 2. The van der Waals surface area contributed by atoms with Gasteiger partial charge >= 0.3 is 5.97 Å². The van der Waals surface area contributed by atoms with Crippen molar-refractivity contribution in [1.82, 2.24) is 10.3 Å². The minimum atomic E-state index is -1.06. The molecule has 1 aliphatic heterocycles. The number of aromatic nitrogens is 1. The first kappa shape index (κ1) is 12.5. The summed E-state index contributed by atoms with van der Waals surface area (Å²) in [5.74, 6) is -0.799. The van der Waals surface area contributed by atoms with Gasteiger partial charge in [-0.3, -0.25) is 9.78 Å². The lowest BCUT2D eigenvalue weighted by atomic mass is 10.0. The smallest absolute Gasteiger partial charge is 0.337 e. The van der Waals surface area contributed by atoms with E-state index in [0.29, 0.717) is 18.0 Å². The highest BCUT2D eigenvalue weighted by Crippen LogP contribution is 2.14. The molecule has 2 rings (SSSR count).